The van der Waals surface area contributed by atoms with Gasteiger partial charge in [0.05, 0.1) is 0 Å². The Balaban J connectivity index is 2.20. The van der Waals surface area contributed by atoms with Gasteiger partial charge in [0, 0.05) is 39.1 Å². The summed E-state index contributed by atoms with van der Waals surface area (Å²) in [7, 11) is 0. The van der Waals surface area contributed by atoms with Gasteiger partial charge in [-0.2, -0.15) is 0 Å². The van der Waals surface area contributed by atoms with Crippen LogP contribution in [0.3, 0.4) is 0 Å². The van der Waals surface area contributed by atoms with Crippen LogP contribution in [0.2, 0.25) is 0 Å². The van der Waals surface area contributed by atoms with E-state index in [-0.39, 0.29) is 5.91 Å². The van der Waals surface area contributed by atoms with Crippen LogP contribution in [0, 0.1) is 5.92 Å². The van der Waals surface area contributed by atoms with Crippen LogP contribution in [0.1, 0.15) is 20.3 Å². The van der Waals surface area contributed by atoms with Gasteiger partial charge in [-0.05, 0) is 12.3 Å². The van der Waals surface area contributed by atoms with Gasteiger partial charge >= 0.3 is 0 Å². The fourth-order valence-electron chi connectivity index (χ4n) is 2.09. The summed E-state index contributed by atoms with van der Waals surface area (Å²) in [5, 5.41) is 2.80. The summed E-state index contributed by atoms with van der Waals surface area (Å²) >= 11 is 0. The molecule has 1 aliphatic rings. The minimum absolute atomic E-state index is 0.0411. The van der Waals surface area contributed by atoms with E-state index in [0.717, 1.165) is 32.6 Å². The lowest BCUT2D eigenvalue weighted by Gasteiger charge is -2.34. The Kier molecular flexibility index (Phi) is 4.35. The van der Waals surface area contributed by atoms with Crippen LogP contribution < -0.4 is 11.1 Å². The number of nitrogens with zero attached hydrogens (tertiary/aromatic N) is 1. The van der Waals surface area contributed by atoms with Crippen molar-refractivity contribution in [2.75, 3.05) is 26.2 Å². The lowest BCUT2D eigenvalue weighted by Crippen LogP contribution is -2.48. The molecule has 2 atom stereocenters. The highest BCUT2D eigenvalue weighted by atomic mass is 16.1. The van der Waals surface area contributed by atoms with Gasteiger partial charge in [0.2, 0.25) is 5.91 Å². The molecule has 0 aromatic heterocycles. The van der Waals surface area contributed by atoms with Crippen molar-refractivity contribution in [3.63, 3.8) is 0 Å². The second kappa shape index (κ2) is 5.32. The molecule has 4 heteroatoms. The first kappa shape index (κ1) is 11.5. The van der Waals surface area contributed by atoms with E-state index < -0.39 is 0 Å². The van der Waals surface area contributed by atoms with Gasteiger partial charge in [0.1, 0.15) is 0 Å². The Labute approximate surface area is 85.8 Å². The first-order chi connectivity index (χ1) is 6.58. The Morgan fingerprint density at radius 2 is 2.29 bits per heavy atom. The zero-order valence-electron chi connectivity index (χ0n) is 9.12. The van der Waals surface area contributed by atoms with Gasteiger partial charge < -0.3 is 11.1 Å². The average molecular weight is 199 g/mol. The van der Waals surface area contributed by atoms with E-state index in [1.165, 1.54) is 0 Å². The van der Waals surface area contributed by atoms with E-state index in [4.69, 9.17) is 5.73 Å². The summed E-state index contributed by atoms with van der Waals surface area (Å²) in [6.45, 7) is 7.48. The van der Waals surface area contributed by atoms with Gasteiger partial charge in [-0.1, -0.05) is 6.92 Å². The van der Waals surface area contributed by atoms with Crippen molar-refractivity contribution in [2.24, 2.45) is 11.7 Å². The van der Waals surface area contributed by atoms with E-state index in [2.05, 4.69) is 17.1 Å². The van der Waals surface area contributed by atoms with E-state index >= 15 is 0 Å². The number of amides is 1. The Bertz CT molecular complexity index is 186. The number of rotatable bonds is 3. The smallest absolute Gasteiger partial charge is 0.216 e. The molecule has 82 valence electrons. The van der Waals surface area contributed by atoms with Gasteiger partial charge in [-0.25, -0.2) is 0 Å². The molecule has 3 N–H and O–H groups in total. The molecule has 0 aliphatic carbocycles. The van der Waals surface area contributed by atoms with Gasteiger partial charge in [-0.3, -0.25) is 9.69 Å². The third-order valence-corrected chi connectivity index (χ3v) is 2.57. The summed E-state index contributed by atoms with van der Waals surface area (Å²) in [5.41, 5.74) is 5.92. The molecule has 0 aromatic carbocycles. The summed E-state index contributed by atoms with van der Waals surface area (Å²) in [6.07, 6.45) is 1.12. The molecule has 1 amide bonds. The van der Waals surface area contributed by atoms with Crippen molar-refractivity contribution in [3.05, 3.63) is 0 Å². The third kappa shape index (κ3) is 4.07. The van der Waals surface area contributed by atoms with E-state index in [1.807, 2.05) is 0 Å². The molecular formula is C10H21N3O. The Morgan fingerprint density at radius 3 is 2.86 bits per heavy atom. The minimum atomic E-state index is 0.0411. The molecule has 1 rings (SSSR count). The molecule has 1 fully saturated rings. The summed E-state index contributed by atoms with van der Waals surface area (Å²) in [5.74, 6) is 0.718. The van der Waals surface area contributed by atoms with Crippen molar-refractivity contribution in [1.82, 2.24) is 10.2 Å². The molecule has 0 saturated carbocycles. The molecular weight excluding hydrogens is 178 g/mol. The molecule has 1 heterocycles. The molecule has 1 aliphatic heterocycles. The van der Waals surface area contributed by atoms with Crippen LogP contribution in [-0.2, 0) is 4.79 Å². The lowest BCUT2D eigenvalue weighted by molar-refractivity contribution is -0.119. The van der Waals surface area contributed by atoms with Gasteiger partial charge in [0.15, 0.2) is 0 Å². The fourth-order valence-corrected chi connectivity index (χ4v) is 2.09. The molecule has 0 aromatic rings. The average Bonchev–Trinajstić information content (AvgIpc) is 2.01. The number of piperidine rings is 1. The highest BCUT2D eigenvalue weighted by Crippen LogP contribution is 2.13. The number of nitrogens with two attached hydrogens (primary N) is 1. The van der Waals surface area contributed by atoms with Gasteiger partial charge in [0.25, 0.3) is 0 Å². The number of carbonyl (C=O) groups is 1. The highest BCUT2D eigenvalue weighted by Gasteiger charge is 2.21. The van der Waals surface area contributed by atoms with Crippen LogP contribution in [0.15, 0.2) is 0 Å². The summed E-state index contributed by atoms with van der Waals surface area (Å²) < 4.78 is 0. The number of hydrogen-bond acceptors (Lipinski definition) is 3. The second-order valence-electron chi connectivity index (χ2n) is 4.34. The molecule has 14 heavy (non-hydrogen) atoms. The first-order valence-corrected chi connectivity index (χ1v) is 5.30. The van der Waals surface area contributed by atoms with Crippen molar-refractivity contribution in [2.45, 2.75) is 26.3 Å². The standard InChI is InChI=1S/C10H21N3O/c1-8-5-10(11)7-13(6-8)4-3-12-9(2)14/h8,10H,3-7,11H2,1-2H3,(H,12,14). The molecule has 4 nitrogen and oxygen atoms in total. The Hall–Kier alpha value is -0.610. The van der Waals surface area contributed by atoms with Crippen LogP contribution in [0.4, 0.5) is 0 Å². The number of hydrogen-bond donors (Lipinski definition) is 2. The lowest BCUT2D eigenvalue weighted by atomic mass is 9.97. The number of nitrogens with one attached hydrogen (secondary N) is 1. The molecule has 0 spiro atoms. The van der Waals surface area contributed by atoms with Crippen molar-refractivity contribution < 1.29 is 4.79 Å². The van der Waals surface area contributed by atoms with Gasteiger partial charge in [-0.15, -0.1) is 0 Å². The Morgan fingerprint density at radius 1 is 1.57 bits per heavy atom. The third-order valence-electron chi connectivity index (χ3n) is 2.57. The normalized spacial score (nSPS) is 28.8. The highest BCUT2D eigenvalue weighted by molar-refractivity contribution is 5.72. The maximum atomic E-state index is 10.7. The monoisotopic (exact) mass is 199 g/mol. The van der Waals surface area contributed by atoms with Crippen molar-refractivity contribution in [1.29, 1.82) is 0 Å². The van der Waals surface area contributed by atoms with Crippen molar-refractivity contribution >= 4 is 5.91 Å². The summed E-state index contributed by atoms with van der Waals surface area (Å²) in [4.78, 5) is 13.0. The molecule has 2 unspecified atom stereocenters. The van der Waals surface area contributed by atoms with Crippen LogP contribution >= 0.6 is 0 Å². The SMILES string of the molecule is CC(=O)NCCN1CC(C)CC(N)C1. The quantitative estimate of drug-likeness (QED) is 0.661. The van der Waals surface area contributed by atoms with E-state index in [0.29, 0.717) is 12.0 Å². The molecule has 1 saturated heterocycles. The fraction of sp³-hybridized carbons (Fsp3) is 0.900. The maximum Gasteiger partial charge on any atom is 0.216 e. The van der Waals surface area contributed by atoms with Crippen LogP contribution in [0.5, 0.6) is 0 Å². The largest absolute Gasteiger partial charge is 0.355 e. The van der Waals surface area contributed by atoms with Crippen molar-refractivity contribution in [3.8, 4) is 0 Å². The topological polar surface area (TPSA) is 58.4 Å². The maximum absolute atomic E-state index is 10.7. The minimum Gasteiger partial charge on any atom is -0.355 e. The number of likely N-dealkylation sites (tertiary alicyclic amines) is 1. The predicted octanol–water partition coefficient (Wildman–Crippen LogP) is -0.208. The van der Waals surface area contributed by atoms with E-state index in [9.17, 15) is 4.79 Å². The second-order valence-corrected chi connectivity index (χ2v) is 4.34. The molecule has 0 bridgehead atoms. The van der Waals surface area contributed by atoms with Crippen LogP contribution in [0.25, 0.3) is 0 Å². The number of carbonyl (C=O) groups excluding carboxylic acids is 1. The zero-order chi connectivity index (χ0) is 10.6. The van der Waals surface area contributed by atoms with E-state index in [1.54, 1.807) is 6.92 Å². The summed E-state index contributed by atoms with van der Waals surface area (Å²) in [6, 6.07) is 0.302. The first-order valence-electron chi connectivity index (χ1n) is 5.30. The zero-order valence-corrected chi connectivity index (χ0v) is 9.12. The molecule has 0 radical (unpaired) electrons. The van der Waals surface area contributed by atoms with Crippen LogP contribution in [-0.4, -0.2) is 43.0 Å². The predicted molar refractivity (Wildman–Crippen MR) is 56.9 cm³/mol.